The first-order chi connectivity index (χ1) is 7.59. The molecule has 1 saturated heterocycles. The van der Waals surface area contributed by atoms with E-state index in [9.17, 15) is 4.39 Å². The van der Waals surface area contributed by atoms with Gasteiger partial charge in [0.15, 0.2) is 11.6 Å². The van der Waals surface area contributed by atoms with E-state index >= 15 is 0 Å². The van der Waals surface area contributed by atoms with Crippen LogP contribution in [0, 0.1) is 5.82 Å². The fourth-order valence-electron chi connectivity index (χ4n) is 1.27. The highest BCUT2D eigenvalue weighted by Gasteiger charge is 2.23. The third-order valence-electron chi connectivity index (χ3n) is 2.21. The third kappa shape index (κ3) is 2.18. The molecule has 2 rings (SSSR count). The normalized spacial score (nSPS) is 15.6. The first-order valence-electron chi connectivity index (χ1n) is 4.62. The van der Waals surface area contributed by atoms with Crippen LogP contribution in [0.15, 0.2) is 16.6 Å². The summed E-state index contributed by atoms with van der Waals surface area (Å²) in [7, 11) is 0. The van der Waals surface area contributed by atoms with E-state index in [1.807, 2.05) is 0 Å². The van der Waals surface area contributed by atoms with Gasteiger partial charge in [-0.1, -0.05) is 12.2 Å². The van der Waals surface area contributed by atoms with Crippen molar-refractivity contribution in [2.24, 2.45) is 5.73 Å². The first-order valence-corrected chi connectivity index (χ1v) is 5.82. The Hall–Kier alpha value is -0.720. The lowest BCUT2D eigenvalue weighted by atomic mass is 10.2. The summed E-state index contributed by atoms with van der Waals surface area (Å²) in [6.45, 7) is 0.988. The van der Waals surface area contributed by atoms with Gasteiger partial charge in [-0.15, -0.1) is 0 Å². The van der Waals surface area contributed by atoms with Gasteiger partial charge in [0.05, 0.1) is 17.7 Å². The number of hydrogen-bond acceptors (Lipinski definition) is 3. The second-order valence-corrected chi connectivity index (χ2v) is 4.61. The minimum absolute atomic E-state index is 0.0721. The van der Waals surface area contributed by atoms with Crippen LogP contribution in [0.25, 0.3) is 0 Å². The molecule has 6 heteroatoms. The zero-order chi connectivity index (χ0) is 11.7. The smallest absolute Gasteiger partial charge is 0.179 e. The Balaban J connectivity index is 2.26. The lowest BCUT2D eigenvalue weighted by molar-refractivity contribution is -0.0809. The molecular formula is C10H9BrFNO2S. The van der Waals surface area contributed by atoms with E-state index in [2.05, 4.69) is 15.9 Å². The van der Waals surface area contributed by atoms with Crippen molar-refractivity contribution >= 4 is 33.1 Å². The van der Waals surface area contributed by atoms with Gasteiger partial charge in [-0.25, -0.2) is 4.39 Å². The minimum Gasteiger partial charge on any atom is -0.482 e. The molecular weight excluding hydrogens is 297 g/mol. The summed E-state index contributed by atoms with van der Waals surface area (Å²) >= 11 is 7.90. The first kappa shape index (κ1) is 11.8. The van der Waals surface area contributed by atoms with Crippen LogP contribution < -0.4 is 10.5 Å². The molecule has 0 aliphatic carbocycles. The van der Waals surface area contributed by atoms with E-state index < -0.39 is 5.82 Å². The van der Waals surface area contributed by atoms with E-state index in [-0.39, 0.29) is 21.3 Å². The van der Waals surface area contributed by atoms with Crippen molar-refractivity contribution in [2.75, 3.05) is 13.2 Å². The molecule has 0 amide bonds. The van der Waals surface area contributed by atoms with Crippen LogP contribution in [0.3, 0.4) is 0 Å². The maximum absolute atomic E-state index is 13.8. The average Bonchev–Trinajstić information content (AvgIpc) is 2.17. The number of halogens is 2. The number of ether oxygens (including phenoxy) is 2. The number of thiocarbonyl (C=S) groups is 1. The molecule has 1 aliphatic rings. The summed E-state index contributed by atoms with van der Waals surface area (Å²) < 4.78 is 24.4. The topological polar surface area (TPSA) is 44.5 Å². The van der Waals surface area contributed by atoms with Crippen LogP contribution in [0.2, 0.25) is 0 Å². The highest BCUT2D eigenvalue weighted by atomic mass is 79.9. The van der Waals surface area contributed by atoms with Crippen molar-refractivity contribution in [1.29, 1.82) is 0 Å². The predicted molar refractivity (Wildman–Crippen MR) is 65.2 cm³/mol. The van der Waals surface area contributed by atoms with E-state index in [4.69, 9.17) is 27.4 Å². The molecule has 1 fully saturated rings. The van der Waals surface area contributed by atoms with Gasteiger partial charge in [0.2, 0.25) is 0 Å². The van der Waals surface area contributed by atoms with Gasteiger partial charge >= 0.3 is 0 Å². The summed E-state index contributed by atoms with van der Waals surface area (Å²) in [5.74, 6) is -0.308. The summed E-state index contributed by atoms with van der Waals surface area (Å²) in [5.41, 5.74) is 5.91. The molecule has 0 unspecified atom stereocenters. The highest BCUT2D eigenvalue weighted by Crippen LogP contribution is 2.29. The van der Waals surface area contributed by atoms with Crippen LogP contribution in [-0.2, 0) is 4.74 Å². The highest BCUT2D eigenvalue weighted by molar-refractivity contribution is 9.10. The fraction of sp³-hybridized carbons (Fsp3) is 0.300. The Morgan fingerprint density at radius 2 is 2.25 bits per heavy atom. The van der Waals surface area contributed by atoms with Crippen LogP contribution in [0.1, 0.15) is 5.56 Å². The molecule has 0 atom stereocenters. The van der Waals surface area contributed by atoms with Crippen molar-refractivity contribution in [1.82, 2.24) is 0 Å². The van der Waals surface area contributed by atoms with Crippen molar-refractivity contribution in [2.45, 2.75) is 6.10 Å². The van der Waals surface area contributed by atoms with E-state index in [0.717, 1.165) is 0 Å². The Kier molecular flexibility index (Phi) is 3.41. The van der Waals surface area contributed by atoms with Crippen molar-refractivity contribution < 1.29 is 13.9 Å². The molecule has 1 aromatic carbocycles. The molecule has 1 aliphatic heterocycles. The monoisotopic (exact) mass is 305 g/mol. The molecule has 3 nitrogen and oxygen atoms in total. The summed E-state index contributed by atoms with van der Waals surface area (Å²) in [4.78, 5) is 0.143. The van der Waals surface area contributed by atoms with Gasteiger partial charge in [-0.3, -0.25) is 0 Å². The molecule has 2 N–H and O–H groups in total. The minimum atomic E-state index is -0.489. The largest absolute Gasteiger partial charge is 0.482 e. The van der Waals surface area contributed by atoms with Gasteiger partial charge < -0.3 is 15.2 Å². The Morgan fingerprint density at radius 1 is 1.56 bits per heavy atom. The lowest BCUT2D eigenvalue weighted by Crippen LogP contribution is -2.38. The summed E-state index contributed by atoms with van der Waals surface area (Å²) in [6, 6.07) is 3.15. The molecule has 16 heavy (non-hydrogen) atoms. The SMILES string of the molecule is NC(=S)c1ccc(OC2COC2)c(F)c1Br. The van der Waals surface area contributed by atoms with Crippen molar-refractivity contribution in [3.8, 4) is 5.75 Å². The van der Waals surface area contributed by atoms with Crippen molar-refractivity contribution in [3.63, 3.8) is 0 Å². The molecule has 0 saturated carbocycles. The van der Waals surface area contributed by atoms with Crippen LogP contribution in [0.5, 0.6) is 5.75 Å². The lowest BCUT2D eigenvalue weighted by Gasteiger charge is -2.27. The van der Waals surface area contributed by atoms with E-state index in [1.165, 1.54) is 6.07 Å². The molecule has 1 heterocycles. The van der Waals surface area contributed by atoms with Gasteiger partial charge in [0.25, 0.3) is 0 Å². The molecule has 86 valence electrons. The second-order valence-electron chi connectivity index (χ2n) is 3.38. The maximum atomic E-state index is 13.8. The summed E-state index contributed by atoms with van der Waals surface area (Å²) in [5, 5.41) is 0. The quantitative estimate of drug-likeness (QED) is 0.868. The molecule has 0 bridgehead atoms. The number of rotatable bonds is 3. The van der Waals surface area contributed by atoms with Crippen LogP contribution in [-0.4, -0.2) is 24.3 Å². The molecule has 1 aromatic rings. The standard InChI is InChI=1S/C10H9BrFNO2S/c11-8-6(10(13)16)1-2-7(9(8)12)15-5-3-14-4-5/h1-2,5H,3-4H2,(H2,13,16). The number of nitrogens with two attached hydrogens (primary N) is 1. The van der Waals surface area contributed by atoms with Gasteiger partial charge in [0, 0.05) is 5.56 Å². The zero-order valence-electron chi connectivity index (χ0n) is 8.20. The van der Waals surface area contributed by atoms with Crippen LogP contribution >= 0.6 is 28.1 Å². The molecule has 0 radical (unpaired) electrons. The van der Waals surface area contributed by atoms with Crippen molar-refractivity contribution in [3.05, 3.63) is 28.0 Å². The predicted octanol–water partition coefficient (Wildman–Crippen LogP) is 2.00. The Labute approximate surface area is 106 Å². The number of hydrogen-bond donors (Lipinski definition) is 1. The Bertz CT molecular complexity index is 437. The summed E-state index contributed by atoms with van der Waals surface area (Å²) in [6.07, 6.45) is -0.0721. The van der Waals surface area contributed by atoms with Gasteiger partial charge in [0.1, 0.15) is 11.1 Å². The Morgan fingerprint density at radius 3 is 2.75 bits per heavy atom. The van der Waals surface area contributed by atoms with Gasteiger partial charge in [-0.05, 0) is 28.1 Å². The fourth-order valence-corrected chi connectivity index (χ4v) is 2.12. The number of benzene rings is 1. The molecule has 0 aromatic heterocycles. The van der Waals surface area contributed by atoms with E-state index in [0.29, 0.717) is 18.8 Å². The third-order valence-corrected chi connectivity index (χ3v) is 3.21. The zero-order valence-corrected chi connectivity index (χ0v) is 10.6. The molecule has 0 spiro atoms. The average molecular weight is 306 g/mol. The van der Waals surface area contributed by atoms with Crippen LogP contribution in [0.4, 0.5) is 4.39 Å². The maximum Gasteiger partial charge on any atom is 0.179 e. The second kappa shape index (κ2) is 4.65. The van der Waals surface area contributed by atoms with Gasteiger partial charge in [-0.2, -0.15) is 0 Å². The van der Waals surface area contributed by atoms with E-state index in [1.54, 1.807) is 6.07 Å².